The summed E-state index contributed by atoms with van der Waals surface area (Å²) in [5.41, 5.74) is 0. The minimum absolute atomic E-state index is 0.165. The van der Waals surface area contributed by atoms with Crippen LogP contribution in [0.1, 0.15) is 66.7 Å². The number of aliphatic hydroxyl groups is 1. The summed E-state index contributed by atoms with van der Waals surface area (Å²) < 4.78 is 21.3. The molecule has 0 amide bonds. The number of aliphatic hydroxyl groups excluding tert-OH is 1. The Bertz CT molecular complexity index is 440. The van der Waals surface area contributed by atoms with E-state index in [2.05, 4.69) is 53.8 Å². The summed E-state index contributed by atoms with van der Waals surface area (Å²) in [6.07, 6.45) is 9.25. The Kier molecular flexibility index (Phi) is 11.1. The molecule has 0 radical (unpaired) electrons. The summed E-state index contributed by atoms with van der Waals surface area (Å²) in [5.74, 6) is 0. The summed E-state index contributed by atoms with van der Waals surface area (Å²) in [4.78, 5) is 0. The van der Waals surface area contributed by atoms with Crippen LogP contribution >= 0.6 is 0 Å². The Balaban J connectivity index is 2.44. The molecule has 1 heterocycles. The Morgan fingerprint density at radius 2 is 1.78 bits per heavy atom. The van der Waals surface area contributed by atoms with E-state index in [9.17, 15) is 5.11 Å². The SMILES string of the molecule is CCC[CH2][Sn]1([CH2]CCC)[O]C[C@H](C/C=C\[C@H](O)CO[Si](C)(C)C(C)(C)C)[O]1. The Morgan fingerprint density at radius 1 is 1.19 bits per heavy atom. The van der Waals surface area contributed by atoms with E-state index in [1.165, 1.54) is 34.6 Å². The second-order valence-corrected chi connectivity index (χ2v) is 23.8. The molecule has 0 aromatic heterocycles. The zero-order chi connectivity index (χ0) is 20.6. The molecule has 1 aliphatic heterocycles. The molecular formula is C21H44O4SiSn. The van der Waals surface area contributed by atoms with Crippen molar-refractivity contribution in [3.63, 3.8) is 0 Å². The van der Waals surface area contributed by atoms with Crippen LogP contribution in [0.25, 0.3) is 0 Å². The summed E-state index contributed by atoms with van der Waals surface area (Å²) in [6.45, 7) is 16.7. The van der Waals surface area contributed by atoms with Gasteiger partial charge in [0, 0.05) is 0 Å². The first-order chi connectivity index (χ1) is 12.6. The predicted molar refractivity (Wildman–Crippen MR) is 119 cm³/mol. The van der Waals surface area contributed by atoms with Crippen LogP contribution in [0.3, 0.4) is 0 Å². The van der Waals surface area contributed by atoms with Gasteiger partial charge in [-0.3, -0.25) is 0 Å². The van der Waals surface area contributed by atoms with Crippen LogP contribution in [0.4, 0.5) is 0 Å². The summed E-state index contributed by atoms with van der Waals surface area (Å²) in [6, 6.07) is 0. The van der Waals surface area contributed by atoms with Crippen LogP contribution in [0, 0.1) is 0 Å². The molecule has 0 unspecified atom stereocenters. The van der Waals surface area contributed by atoms with Gasteiger partial charge in [0.15, 0.2) is 0 Å². The molecule has 160 valence electrons. The van der Waals surface area contributed by atoms with Gasteiger partial charge in [-0.15, -0.1) is 0 Å². The van der Waals surface area contributed by atoms with E-state index in [0.29, 0.717) is 6.61 Å². The summed E-state index contributed by atoms with van der Waals surface area (Å²) in [7, 11) is -1.81. The second-order valence-electron chi connectivity index (χ2n) is 9.47. The molecule has 6 heteroatoms. The fourth-order valence-corrected chi connectivity index (χ4v) is 15.1. The number of hydrogen-bond acceptors (Lipinski definition) is 4. The molecule has 0 spiro atoms. The second kappa shape index (κ2) is 11.7. The minimum atomic E-state index is -2.82. The molecule has 27 heavy (non-hydrogen) atoms. The zero-order valence-electron chi connectivity index (χ0n) is 18.8. The fourth-order valence-electron chi connectivity index (χ4n) is 2.97. The average molecular weight is 507 g/mol. The first kappa shape index (κ1) is 25.6. The van der Waals surface area contributed by atoms with Crippen molar-refractivity contribution < 1.29 is 15.7 Å². The van der Waals surface area contributed by atoms with Gasteiger partial charge in [0.2, 0.25) is 0 Å². The van der Waals surface area contributed by atoms with E-state index in [1.807, 2.05) is 6.08 Å². The van der Waals surface area contributed by atoms with Crippen LogP contribution in [0.15, 0.2) is 12.2 Å². The topological polar surface area (TPSA) is 47.9 Å². The van der Waals surface area contributed by atoms with Gasteiger partial charge >= 0.3 is 175 Å². The van der Waals surface area contributed by atoms with Crippen molar-refractivity contribution in [1.82, 2.24) is 0 Å². The normalized spacial score (nSPS) is 21.9. The molecule has 4 nitrogen and oxygen atoms in total. The van der Waals surface area contributed by atoms with Crippen molar-refractivity contribution in [2.75, 3.05) is 13.2 Å². The van der Waals surface area contributed by atoms with Crippen LogP contribution < -0.4 is 0 Å². The molecule has 1 N–H and O–H groups in total. The first-order valence-electron chi connectivity index (χ1n) is 10.9. The van der Waals surface area contributed by atoms with Crippen molar-refractivity contribution in [2.45, 2.75) is 106 Å². The van der Waals surface area contributed by atoms with Gasteiger partial charge in [-0.2, -0.15) is 0 Å². The van der Waals surface area contributed by atoms with Crippen molar-refractivity contribution in [2.24, 2.45) is 0 Å². The maximum atomic E-state index is 10.2. The van der Waals surface area contributed by atoms with Gasteiger partial charge in [0.1, 0.15) is 0 Å². The van der Waals surface area contributed by atoms with Gasteiger partial charge in [-0.25, -0.2) is 0 Å². The number of hydrogen-bond donors (Lipinski definition) is 1. The third-order valence-electron chi connectivity index (χ3n) is 5.91. The molecule has 1 aliphatic rings. The van der Waals surface area contributed by atoms with Gasteiger partial charge in [-0.05, 0) is 0 Å². The molecule has 0 aliphatic carbocycles. The zero-order valence-corrected chi connectivity index (χ0v) is 22.7. The van der Waals surface area contributed by atoms with Crippen LogP contribution in [0.5, 0.6) is 0 Å². The van der Waals surface area contributed by atoms with Crippen LogP contribution in [0.2, 0.25) is 27.0 Å². The van der Waals surface area contributed by atoms with Crippen molar-refractivity contribution in [1.29, 1.82) is 0 Å². The Hall–Kier alpha value is 0.596. The van der Waals surface area contributed by atoms with E-state index in [0.717, 1.165) is 13.0 Å². The third kappa shape index (κ3) is 8.87. The van der Waals surface area contributed by atoms with Gasteiger partial charge in [0.25, 0.3) is 0 Å². The van der Waals surface area contributed by atoms with Crippen LogP contribution in [-0.4, -0.2) is 58.1 Å². The van der Waals surface area contributed by atoms with E-state index in [-0.39, 0.29) is 11.1 Å². The van der Waals surface area contributed by atoms with E-state index >= 15 is 0 Å². The molecule has 0 aromatic rings. The van der Waals surface area contributed by atoms with E-state index < -0.39 is 33.6 Å². The fraction of sp³-hybridized carbons (Fsp3) is 0.905. The third-order valence-corrected chi connectivity index (χ3v) is 20.9. The molecule has 1 saturated heterocycles. The van der Waals surface area contributed by atoms with Crippen molar-refractivity contribution in [3.8, 4) is 0 Å². The van der Waals surface area contributed by atoms with E-state index in [1.54, 1.807) is 0 Å². The average Bonchev–Trinajstić information content (AvgIpc) is 2.99. The van der Waals surface area contributed by atoms with Crippen LogP contribution in [-0.2, 0) is 10.6 Å². The van der Waals surface area contributed by atoms with Gasteiger partial charge in [0.05, 0.1) is 0 Å². The Morgan fingerprint density at radius 3 is 2.30 bits per heavy atom. The number of unbranched alkanes of at least 4 members (excludes halogenated alkanes) is 2. The molecule has 0 aromatic carbocycles. The monoisotopic (exact) mass is 508 g/mol. The quantitative estimate of drug-likeness (QED) is 0.269. The first-order valence-corrected chi connectivity index (χ1v) is 20.1. The van der Waals surface area contributed by atoms with Gasteiger partial charge < -0.3 is 0 Å². The van der Waals surface area contributed by atoms with Gasteiger partial charge in [-0.1, -0.05) is 0 Å². The molecule has 1 rings (SSSR count). The molecule has 1 fully saturated rings. The molecular weight excluding hydrogens is 463 g/mol. The van der Waals surface area contributed by atoms with E-state index in [4.69, 9.17) is 10.6 Å². The predicted octanol–water partition coefficient (Wildman–Crippen LogP) is 5.77. The molecule has 2 atom stereocenters. The standard InChI is InChI=1S/C13H26O4Si.2C4H9.Sn/c1-13(2,3)18(4,5)17-10-12(16)8-6-7-11(15)9-14;2*1-3-4-2;/h6,8,11-12,16H,7,9-10H2,1-5H3;2*1,3-4H2,2H3;/q-2;;;+2/b8-6-;;;/t11-,12-;;;/m0.../s1. The van der Waals surface area contributed by atoms with Crippen molar-refractivity contribution in [3.05, 3.63) is 12.2 Å². The van der Waals surface area contributed by atoms with Crippen molar-refractivity contribution >= 4 is 27.5 Å². The molecule has 0 bridgehead atoms. The molecule has 0 saturated carbocycles. The number of rotatable bonds is 12. The Labute approximate surface area is 174 Å². The maximum absolute atomic E-state index is 10.2. The summed E-state index contributed by atoms with van der Waals surface area (Å²) in [5, 5.41) is 10.4. The summed E-state index contributed by atoms with van der Waals surface area (Å²) >= 11 is -2.82.